The van der Waals surface area contributed by atoms with Crippen LogP contribution in [0, 0.1) is 17.3 Å². The van der Waals surface area contributed by atoms with Crippen molar-refractivity contribution >= 4 is 0 Å². The molecule has 3 aliphatic rings. The molecule has 0 bridgehead atoms. The summed E-state index contributed by atoms with van der Waals surface area (Å²) in [6, 6.07) is 0. The van der Waals surface area contributed by atoms with Crippen LogP contribution in [0.4, 0.5) is 0 Å². The molecule has 0 aromatic rings. The number of piperidine rings is 1. The van der Waals surface area contributed by atoms with Crippen LogP contribution in [0.2, 0.25) is 0 Å². The third kappa shape index (κ3) is 0.658. The van der Waals surface area contributed by atoms with E-state index in [4.69, 9.17) is 0 Å². The van der Waals surface area contributed by atoms with Gasteiger partial charge < -0.3 is 4.90 Å². The average molecular weight is 151 g/mol. The quantitative estimate of drug-likeness (QED) is 0.509. The summed E-state index contributed by atoms with van der Waals surface area (Å²) in [6.07, 6.45) is 6.18. The molecule has 3 rings (SSSR count). The Morgan fingerprint density at radius 1 is 1.09 bits per heavy atom. The van der Waals surface area contributed by atoms with E-state index in [2.05, 4.69) is 11.9 Å². The number of hydrogen-bond donors (Lipinski definition) is 0. The first-order chi connectivity index (χ1) is 5.33. The number of nitrogens with zero attached hydrogens (tertiary/aromatic N) is 1. The lowest BCUT2D eigenvalue weighted by molar-refractivity contribution is 0.281. The number of rotatable bonds is 0. The summed E-state index contributed by atoms with van der Waals surface area (Å²) in [7, 11) is 2.27. The minimum Gasteiger partial charge on any atom is -0.306 e. The maximum absolute atomic E-state index is 2.51. The average Bonchev–Trinajstić information content (AvgIpc) is 2.42. The second kappa shape index (κ2) is 1.82. The van der Waals surface area contributed by atoms with Gasteiger partial charge in [-0.1, -0.05) is 12.8 Å². The summed E-state index contributed by atoms with van der Waals surface area (Å²) in [5, 5.41) is 0. The minimum atomic E-state index is 0.895. The van der Waals surface area contributed by atoms with Crippen molar-refractivity contribution in [1.29, 1.82) is 0 Å². The molecular formula is C10H17N. The fourth-order valence-corrected chi connectivity index (χ4v) is 3.81. The number of fused-ring (bicyclic) bond motifs is 3. The van der Waals surface area contributed by atoms with Crippen molar-refractivity contribution in [3.63, 3.8) is 0 Å². The molecule has 1 heterocycles. The van der Waals surface area contributed by atoms with Crippen LogP contribution in [0.1, 0.15) is 25.7 Å². The SMILES string of the molecule is CN1C[C@@H]2[C@H](C1)C21CCCC1. The molecule has 2 saturated carbocycles. The molecule has 1 aliphatic heterocycles. The lowest BCUT2D eigenvalue weighted by Crippen LogP contribution is -2.23. The van der Waals surface area contributed by atoms with Gasteiger partial charge in [-0.3, -0.25) is 0 Å². The molecule has 0 amide bonds. The summed E-state index contributed by atoms with van der Waals surface area (Å²) >= 11 is 0. The highest BCUT2D eigenvalue weighted by Gasteiger charge is 2.67. The van der Waals surface area contributed by atoms with E-state index in [9.17, 15) is 0 Å². The van der Waals surface area contributed by atoms with E-state index in [1.54, 1.807) is 12.8 Å². The first kappa shape index (κ1) is 6.47. The summed E-state index contributed by atoms with van der Waals surface area (Å²) in [4.78, 5) is 2.51. The van der Waals surface area contributed by atoms with Gasteiger partial charge >= 0.3 is 0 Å². The van der Waals surface area contributed by atoms with E-state index in [1.165, 1.54) is 25.9 Å². The smallest absolute Gasteiger partial charge is 0.00155 e. The molecule has 62 valence electrons. The molecule has 0 aromatic carbocycles. The fraction of sp³-hybridized carbons (Fsp3) is 1.00. The first-order valence-electron chi connectivity index (χ1n) is 5.01. The maximum atomic E-state index is 2.51. The van der Waals surface area contributed by atoms with Crippen LogP contribution in [0.15, 0.2) is 0 Å². The largest absolute Gasteiger partial charge is 0.306 e. The minimum absolute atomic E-state index is 0.895. The van der Waals surface area contributed by atoms with Gasteiger partial charge in [0.1, 0.15) is 0 Å². The van der Waals surface area contributed by atoms with Crippen LogP contribution in [-0.4, -0.2) is 25.0 Å². The molecule has 1 heteroatoms. The summed E-state index contributed by atoms with van der Waals surface area (Å²) in [6.45, 7) is 2.81. The van der Waals surface area contributed by atoms with Crippen molar-refractivity contribution < 1.29 is 0 Å². The van der Waals surface area contributed by atoms with Gasteiger partial charge in [0.15, 0.2) is 0 Å². The van der Waals surface area contributed by atoms with E-state index in [1.807, 2.05) is 0 Å². The number of likely N-dealkylation sites (tertiary alicyclic amines) is 1. The molecule has 11 heavy (non-hydrogen) atoms. The van der Waals surface area contributed by atoms with E-state index >= 15 is 0 Å². The topological polar surface area (TPSA) is 3.24 Å². The second-order valence-electron chi connectivity index (χ2n) is 4.87. The Hall–Kier alpha value is -0.0400. The highest BCUT2D eigenvalue weighted by atomic mass is 15.2. The zero-order valence-corrected chi connectivity index (χ0v) is 7.34. The molecule has 0 N–H and O–H groups in total. The third-order valence-electron chi connectivity index (χ3n) is 4.40. The van der Waals surface area contributed by atoms with Gasteiger partial charge in [0.2, 0.25) is 0 Å². The Bertz CT molecular complexity index is 167. The molecule has 3 fully saturated rings. The molecule has 1 nitrogen and oxygen atoms in total. The zero-order valence-electron chi connectivity index (χ0n) is 7.34. The molecule has 0 radical (unpaired) electrons. The molecule has 1 saturated heterocycles. The molecule has 1 spiro atoms. The van der Waals surface area contributed by atoms with Crippen molar-refractivity contribution in [2.24, 2.45) is 17.3 Å². The lowest BCUT2D eigenvalue weighted by atomic mass is 9.98. The number of hydrogen-bond acceptors (Lipinski definition) is 1. The van der Waals surface area contributed by atoms with Gasteiger partial charge in [0.05, 0.1) is 0 Å². The third-order valence-corrected chi connectivity index (χ3v) is 4.40. The van der Waals surface area contributed by atoms with Gasteiger partial charge in [-0.05, 0) is 37.1 Å². The van der Waals surface area contributed by atoms with Crippen LogP contribution in [-0.2, 0) is 0 Å². The van der Waals surface area contributed by atoms with Crippen LogP contribution in [0.5, 0.6) is 0 Å². The van der Waals surface area contributed by atoms with Gasteiger partial charge in [0, 0.05) is 13.1 Å². The van der Waals surface area contributed by atoms with Gasteiger partial charge in [-0.2, -0.15) is 0 Å². The van der Waals surface area contributed by atoms with Crippen LogP contribution < -0.4 is 0 Å². The Morgan fingerprint density at radius 3 is 2.18 bits per heavy atom. The molecule has 0 aromatic heterocycles. The maximum Gasteiger partial charge on any atom is 0.00155 e. The van der Waals surface area contributed by atoms with Crippen molar-refractivity contribution in [3.05, 3.63) is 0 Å². The summed E-state index contributed by atoms with van der Waals surface area (Å²) < 4.78 is 0. The highest BCUT2D eigenvalue weighted by molar-refractivity contribution is 5.16. The van der Waals surface area contributed by atoms with E-state index in [-0.39, 0.29) is 0 Å². The van der Waals surface area contributed by atoms with Crippen molar-refractivity contribution in [1.82, 2.24) is 4.90 Å². The van der Waals surface area contributed by atoms with E-state index in [0.29, 0.717) is 0 Å². The molecule has 2 aliphatic carbocycles. The Balaban J connectivity index is 1.78. The summed E-state index contributed by atoms with van der Waals surface area (Å²) in [5.41, 5.74) is 0.895. The monoisotopic (exact) mass is 151 g/mol. The van der Waals surface area contributed by atoms with E-state index in [0.717, 1.165) is 17.3 Å². The predicted octanol–water partition coefficient (Wildman–Crippen LogP) is 1.74. The highest BCUT2D eigenvalue weighted by Crippen LogP contribution is 2.69. The second-order valence-corrected chi connectivity index (χ2v) is 4.87. The van der Waals surface area contributed by atoms with E-state index < -0.39 is 0 Å². The molecular weight excluding hydrogens is 134 g/mol. The van der Waals surface area contributed by atoms with Gasteiger partial charge in [0.25, 0.3) is 0 Å². The Kier molecular flexibility index (Phi) is 1.07. The van der Waals surface area contributed by atoms with Gasteiger partial charge in [-0.25, -0.2) is 0 Å². The fourth-order valence-electron chi connectivity index (χ4n) is 3.81. The van der Waals surface area contributed by atoms with Crippen LogP contribution >= 0.6 is 0 Å². The van der Waals surface area contributed by atoms with Crippen LogP contribution in [0.3, 0.4) is 0 Å². The van der Waals surface area contributed by atoms with Gasteiger partial charge in [-0.15, -0.1) is 0 Å². The molecule has 0 unspecified atom stereocenters. The van der Waals surface area contributed by atoms with Crippen LogP contribution in [0.25, 0.3) is 0 Å². The predicted molar refractivity (Wildman–Crippen MR) is 45.4 cm³/mol. The zero-order chi connectivity index (χ0) is 7.47. The Morgan fingerprint density at radius 2 is 1.64 bits per heavy atom. The van der Waals surface area contributed by atoms with Crippen molar-refractivity contribution in [2.75, 3.05) is 20.1 Å². The van der Waals surface area contributed by atoms with Crippen molar-refractivity contribution in [2.45, 2.75) is 25.7 Å². The van der Waals surface area contributed by atoms with Crippen molar-refractivity contribution in [3.8, 4) is 0 Å². The lowest BCUT2D eigenvalue weighted by Gasteiger charge is -2.18. The summed E-state index contributed by atoms with van der Waals surface area (Å²) in [5.74, 6) is 2.24. The Labute approximate surface area is 68.8 Å². The standard InChI is InChI=1S/C10H17N/c1-11-6-8-9(7-11)10(8)4-2-3-5-10/h8-9H,2-7H2,1H3/t8-,9+. The molecule has 2 atom stereocenters. The normalized spacial score (nSPS) is 46.6. The first-order valence-corrected chi connectivity index (χ1v) is 5.01.